The maximum Gasteiger partial charge on any atom is 0.410 e. The Morgan fingerprint density at radius 2 is 1.74 bits per heavy atom. The van der Waals surface area contributed by atoms with Crippen LogP contribution in [0.1, 0.15) is 88.7 Å². The topological polar surface area (TPSA) is 192 Å². The lowest BCUT2D eigenvalue weighted by Crippen LogP contribution is -2.58. The summed E-state index contributed by atoms with van der Waals surface area (Å²) in [6, 6.07) is 8.29. The van der Waals surface area contributed by atoms with Crippen LogP contribution in [0.4, 0.5) is 14.9 Å². The van der Waals surface area contributed by atoms with Gasteiger partial charge in [-0.2, -0.15) is 0 Å². The van der Waals surface area contributed by atoms with Crippen LogP contribution in [0, 0.1) is 17.2 Å². The van der Waals surface area contributed by atoms with Crippen molar-refractivity contribution in [3.8, 4) is 0 Å². The molecule has 2 saturated carbocycles. The molecule has 14 nitrogen and oxygen atoms in total. The summed E-state index contributed by atoms with van der Waals surface area (Å²) >= 11 is 0. The zero-order valence-electron chi connectivity index (χ0n) is 29.5. The number of hydrogen-bond donors (Lipinski definition) is 4. The van der Waals surface area contributed by atoms with Gasteiger partial charge in [-0.3, -0.25) is 24.0 Å². The smallest absolute Gasteiger partial charge is 0.410 e. The Hall–Kier alpha value is -4.73. The molecule has 53 heavy (non-hydrogen) atoms. The molecule has 0 bridgehead atoms. The van der Waals surface area contributed by atoms with Crippen LogP contribution >= 0.6 is 0 Å². The Kier molecular flexibility index (Phi) is 10.9. The average molecular weight is 758 g/mol. The predicted molar refractivity (Wildman–Crippen MR) is 192 cm³/mol. The van der Waals surface area contributed by atoms with Crippen LogP contribution < -0.4 is 15.4 Å². The summed E-state index contributed by atoms with van der Waals surface area (Å²) in [6.07, 6.45) is -0.208. The Bertz CT molecular complexity index is 1900. The number of amides is 4. The molecule has 3 fully saturated rings. The molecule has 2 aliphatic heterocycles. The average Bonchev–Trinajstić information content (AvgIpc) is 3.97. The van der Waals surface area contributed by atoms with Crippen molar-refractivity contribution in [2.24, 2.45) is 11.3 Å². The summed E-state index contributed by atoms with van der Waals surface area (Å²) in [7, 11) is -3.90. The van der Waals surface area contributed by atoms with Gasteiger partial charge in [-0.05, 0) is 66.5 Å². The van der Waals surface area contributed by atoms with Crippen molar-refractivity contribution in [1.29, 1.82) is 0 Å². The second-order valence-corrected chi connectivity index (χ2v) is 17.2. The Morgan fingerprint density at radius 3 is 2.30 bits per heavy atom. The van der Waals surface area contributed by atoms with Crippen LogP contribution in [-0.4, -0.2) is 88.6 Å². The number of anilines is 1. The van der Waals surface area contributed by atoms with Gasteiger partial charge in [0.15, 0.2) is 0 Å². The molecule has 0 aromatic heterocycles. The molecule has 0 radical (unpaired) electrons. The predicted octanol–water partition coefficient (Wildman–Crippen LogP) is 4.00. The number of carbonyl (C=O) groups is 5. The fraction of sp³-hybridized carbons (Fsp3) is 0.541. The Labute approximate surface area is 308 Å². The highest BCUT2D eigenvalue weighted by Crippen LogP contribution is 2.47. The minimum Gasteiger partial charge on any atom is -0.478 e. The SMILES string of the molecule is C.CC[C@@H]1C[C@]1(NC(=O)[C@@H]1C[C@@H](OC(=O)N2Cc3cccc(F)c3C2)CN1C(=O)[C@@H](Nc1ccc(C(=O)O)cc1)C(C)(C)C)C(=O)NS(=O)(=O)C1CC1. The molecule has 288 valence electrons. The number of ether oxygens (including phenoxy) is 1. The molecule has 2 aromatic carbocycles. The van der Waals surface area contributed by atoms with Crippen LogP contribution in [0.25, 0.3) is 0 Å². The third-order valence-electron chi connectivity index (χ3n) is 10.4. The van der Waals surface area contributed by atoms with Gasteiger partial charge in [0.1, 0.15) is 29.5 Å². The van der Waals surface area contributed by atoms with Gasteiger partial charge in [0.2, 0.25) is 21.8 Å². The summed E-state index contributed by atoms with van der Waals surface area (Å²) in [5.41, 5.74) is -0.684. The molecular weight excluding hydrogens is 709 g/mol. The van der Waals surface area contributed by atoms with Gasteiger partial charge in [0.25, 0.3) is 5.91 Å². The van der Waals surface area contributed by atoms with Crippen molar-refractivity contribution >= 4 is 45.5 Å². The number of nitrogens with one attached hydrogen (secondary N) is 3. The third kappa shape index (κ3) is 8.11. The van der Waals surface area contributed by atoms with E-state index in [-0.39, 0.29) is 51.4 Å². The van der Waals surface area contributed by atoms with Gasteiger partial charge < -0.3 is 25.4 Å². The number of carboxylic acid groups (broad SMARTS) is 1. The Balaban J connectivity index is 0.00000541. The minimum atomic E-state index is -3.90. The number of sulfonamides is 1. The van der Waals surface area contributed by atoms with Gasteiger partial charge in [-0.15, -0.1) is 0 Å². The monoisotopic (exact) mass is 757 g/mol. The lowest BCUT2D eigenvalue weighted by atomic mass is 9.85. The first-order valence-corrected chi connectivity index (χ1v) is 19.0. The van der Waals surface area contributed by atoms with E-state index in [0.29, 0.717) is 36.1 Å². The number of halogens is 1. The van der Waals surface area contributed by atoms with Crippen molar-refractivity contribution in [3.05, 3.63) is 65.0 Å². The summed E-state index contributed by atoms with van der Waals surface area (Å²) in [5.74, 6) is -3.91. The number of nitrogens with zero attached hydrogens (tertiary/aromatic N) is 2. The number of fused-ring (bicyclic) bond motifs is 1. The van der Waals surface area contributed by atoms with Crippen LogP contribution in [0.5, 0.6) is 0 Å². The molecule has 16 heteroatoms. The molecule has 2 aliphatic carbocycles. The minimum absolute atomic E-state index is 0. The van der Waals surface area contributed by atoms with Crippen molar-refractivity contribution in [3.63, 3.8) is 0 Å². The van der Waals surface area contributed by atoms with E-state index >= 15 is 0 Å². The standard InChI is InChI=1S/C36H44FN5O9S.CH4/c1-5-22-16-36(22,33(47)40-52(49,50)25-13-14-25)39-30(43)28-15-24(51-34(48)41-17-21-7-6-8-27(37)26(21)19-41)18-42(28)31(44)29(35(2,3)4)38-23-11-9-20(10-12-23)32(45)46;/h6-12,22,24-25,28-29,38H,5,13-19H2,1-4H3,(H,39,43)(H,40,47)(H,45,46);1H4/t22-,24-,28+,29-,36-;/m1./s1. The summed E-state index contributed by atoms with van der Waals surface area (Å²) in [4.78, 5) is 69.6. The zero-order chi connectivity index (χ0) is 37.7. The summed E-state index contributed by atoms with van der Waals surface area (Å²) in [5, 5.41) is 14.6. The van der Waals surface area contributed by atoms with Crippen LogP contribution in [0.15, 0.2) is 42.5 Å². The van der Waals surface area contributed by atoms with Gasteiger partial charge in [0, 0.05) is 24.2 Å². The number of carbonyl (C=O) groups excluding carboxylic acids is 4. The van der Waals surface area contributed by atoms with Gasteiger partial charge >= 0.3 is 12.1 Å². The number of benzene rings is 2. The number of hydrogen-bond acceptors (Lipinski definition) is 9. The maximum absolute atomic E-state index is 14.5. The van der Waals surface area contributed by atoms with E-state index in [1.807, 2.05) is 27.7 Å². The van der Waals surface area contributed by atoms with E-state index in [9.17, 15) is 41.9 Å². The van der Waals surface area contributed by atoms with E-state index in [1.165, 1.54) is 40.1 Å². The van der Waals surface area contributed by atoms with E-state index in [2.05, 4.69) is 15.4 Å². The van der Waals surface area contributed by atoms with E-state index in [1.54, 1.807) is 12.1 Å². The molecule has 2 aromatic rings. The van der Waals surface area contributed by atoms with Crippen molar-refractivity contribution in [2.75, 3.05) is 11.9 Å². The van der Waals surface area contributed by atoms with Crippen molar-refractivity contribution < 1.29 is 46.6 Å². The van der Waals surface area contributed by atoms with Gasteiger partial charge in [-0.25, -0.2) is 22.4 Å². The quantitative estimate of drug-likeness (QED) is 0.261. The number of rotatable bonds is 11. The normalized spacial score (nSPS) is 24.0. The lowest BCUT2D eigenvalue weighted by Gasteiger charge is -2.36. The molecule has 0 unspecified atom stereocenters. The van der Waals surface area contributed by atoms with Crippen molar-refractivity contribution in [2.45, 2.75) is 109 Å². The van der Waals surface area contributed by atoms with Crippen LogP contribution in [0.3, 0.4) is 0 Å². The summed E-state index contributed by atoms with van der Waals surface area (Å²) < 4.78 is 47.7. The molecule has 4 aliphatic rings. The van der Waals surface area contributed by atoms with E-state index in [0.717, 1.165) is 0 Å². The molecule has 0 spiro atoms. The van der Waals surface area contributed by atoms with E-state index in [4.69, 9.17) is 4.74 Å². The van der Waals surface area contributed by atoms with Crippen LogP contribution in [-0.2, 0) is 42.2 Å². The highest BCUT2D eigenvalue weighted by Gasteiger charge is 2.62. The fourth-order valence-corrected chi connectivity index (χ4v) is 8.45. The number of likely N-dealkylation sites (tertiary alicyclic amines) is 1. The summed E-state index contributed by atoms with van der Waals surface area (Å²) in [6.45, 7) is 7.23. The molecular formula is C37H48FN5O9S. The highest BCUT2D eigenvalue weighted by molar-refractivity contribution is 7.91. The van der Waals surface area contributed by atoms with Gasteiger partial charge in [-0.1, -0.05) is 53.7 Å². The van der Waals surface area contributed by atoms with Crippen LogP contribution in [0.2, 0.25) is 0 Å². The Morgan fingerprint density at radius 1 is 1.06 bits per heavy atom. The largest absolute Gasteiger partial charge is 0.478 e. The first kappa shape index (κ1) is 39.5. The zero-order valence-corrected chi connectivity index (χ0v) is 30.3. The molecule has 5 atom stereocenters. The second kappa shape index (κ2) is 14.6. The number of aromatic carboxylic acids is 1. The molecule has 4 amide bonds. The first-order chi connectivity index (χ1) is 24.4. The molecule has 2 heterocycles. The number of carboxylic acids is 1. The maximum atomic E-state index is 14.5. The second-order valence-electron chi connectivity index (χ2n) is 15.3. The highest BCUT2D eigenvalue weighted by atomic mass is 32.2. The van der Waals surface area contributed by atoms with Crippen molar-refractivity contribution in [1.82, 2.24) is 19.8 Å². The van der Waals surface area contributed by atoms with E-state index < -0.39 is 80.0 Å². The fourth-order valence-electron chi connectivity index (χ4n) is 7.09. The lowest BCUT2D eigenvalue weighted by molar-refractivity contribution is -0.141. The molecule has 6 rings (SSSR count). The third-order valence-corrected chi connectivity index (χ3v) is 12.2. The molecule has 4 N–H and O–H groups in total. The first-order valence-electron chi connectivity index (χ1n) is 17.4. The van der Waals surface area contributed by atoms with Gasteiger partial charge in [0.05, 0.1) is 23.9 Å². The molecule has 1 saturated heterocycles.